The van der Waals surface area contributed by atoms with Gasteiger partial charge in [0.05, 0.1) is 0 Å². The molecular weight excluding hydrogens is 212 g/mol. The summed E-state index contributed by atoms with van der Waals surface area (Å²) in [5.41, 5.74) is 2.84. The molecule has 2 nitrogen and oxygen atoms in total. The van der Waals surface area contributed by atoms with Gasteiger partial charge in [0.2, 0.25) is 0 Å². The van der Waals surface area contributed by atoms with Crippen molar-refractivity contribution in [2.75, 3.05) is 0 Å². The third-order valence-corrected chi connectivity index (χ3v) is 2.63. The third kappa shape index (κ3) is 2.67. The number of hydrogen-bond donors (Lipinski definition) is 2. The zero-order valence-corrected chi connectivity index (χ0v) is 9.59. The van der Waals surface area contributed by atoms with Gasteiger partial charge in [0.25, 0.3) is 0 Å². The minimum absolute atomic E-state index is 0.254. The van der Waals surface area contributed by atoms with E-state index in [9.17, 15) is 10.2 Å². The highest BCUT2D eigenvalue weighted by Gasteiger charge is 1.99. The Kier molecular flexibility index (Phi) is 3.15. The first-order chi connectivity index (χ1) is 8.16. The van der Waals surface area contributed by atoms with Gasteiger partial charge in [-0.2, -0.15) is 0 Å². The van der Waals surface area contributed by atoms with Gasteiger partial charge in [-0.15, -0.1) is 0 Å². The third-order valence-electron chi connectivity index (χ3n) is 2.63. The van der Waals surface area contributed by atoms with Crippen molar-refractivity contribution in [2.45, 2.75) is 6.92 Å². The topological polar surface area (TPSA) is 40.5 Å². The Morgan fingerprint density at radius 3 is 2.24 bits per heavy atom. The molecule has 0 saturated carbocycles. The Bertz CT molecular complexity index is 539. The zero-order chi connectivity index (χ0) is 12.3. The molecule has 0 radical (unpaired) electrons. The monoisotopic (exact) mass is 226 g/mol. The van der Waals surface area contributed by atoms with Gasteiger partial charge < -0.3 is 10.2 Å². The van der Waals surface area contributed by atoms with E-state index in [1.165, 1.54) is 0 Å². The van der Waals surface area contributed by atoms with Gasteiger partial charge in [-0.3, -0.25) is 0 Å². The van der Waals surface area contributed by atoms with Crippen molar-refractivity contribution >= 4 is 11.6 Å². The van der Waals surface area contributed by atoms with E-state index < -0.39 is 0 Å². The summed E-state index contributed by atoms with van der Waals surface area (Å²) in [6, 6.07) is 14.2. The van der Waals surface area contributed by atoms with Gasteiger partial charge in [-0.05, 0) is 42.3 Å². The number of rotatable bonds is 2. The Hall–Kier alpha value is -2.22. The quantitative estimate of drug-likeness (QED) is 0.767. The summed E-state index contributed by atoms with van der Waals surface area (Å²) in [5.74, 6) is 0.523. The minimum atomic E-state index is 0.254. The lowest BCUT2D eigenvalue weighted by atomic mass is 10.0. The van der Waals surface area contributed by atoms with Crippen LogP contribution in [0, 0.1) is 0 Å². The normalized spacial score (nSPS) is 11.5. The van der Waals surface area contributed by atoms with E-state index in [0.717, 1.165) is 16.7 Å². The summed E-state index contributed by atoms with van der Waals surface area (Å²) in [6.45, 7) is 1.97. The summed E-state index contributed by atoms with van der Waals surface area (Å²) in [4.78, 5) is 0. The highest BCUT2D eigenvalue weighted by molar-refractivity contribution is 5.81. The second kappa shape index (κ2) is 4.74. The van der Waals surface area contributed by atoms with Crippen LogP contribution in [0.1, 0.15) is 18.1 Å². The molecule has 0 fully saturated rings. The molecule has 2 N–H and O–H groups in total. The first kappa shape index (κ1) is 11.3. The van der Waals surface area contributed by atoms with E-state index in [1.807, 2.05) is 37.3 Å². The van der Waals surface area contributed by atoms with Crippen LogP contribution in [0.2, 0.25) is 0 Å². The van der Waals surface area contributed by atoms with Gasteiger partial charge in [0.1, 0.15) is 11.5 Å². The lowest BCUT2D eigenvalue weighted by molar-refractivity contribution is 0.474. The average Bonchev–Trinajstić information content (AvgIpc) is 2.33. The molecule has 2 heteroatoms. The van der Waals surface area contributed by atoms with Crippen molar-refractivity contribution in [2.24, 2.45) is 0 Å². The number of para-hydroxylation sites is 1. The van der Waals surface area contributed by atoms with Crippen LogP contribution in [0.5, 0.6) is 11.5 Å². The SMILES string of the molecule is C/C(=C\c1ccccc1O)c1ccc(O)cc1. The fourth-order valence-electron chi connectivity index (χ4n) is 1.65. The number of aromatic hydroxyl groups is 2. The molecule has 0 spiro atoms. The van der Waals surface area contributed by atoms with Crippen LogP contribution in [0.3, 0.4) is 0 Å². The van der Waals surface area contributed by atoms with Crippen LogP contribution in [-0.4, -0.2) is 10.2 Å². The predicted molar refractivity (Wildman–Crippen MR) is 69.8 cm³/mol. The standard InChI is InChI=1S/C15H14O2/c1-11(12-6-8-14(16)9-7-12)10-13-4-2-3-5-15(13)17/h2-10,16-17H,1H3/b11-10+. The highest BCUT2D eigenvalue weighted by Crippen LogP contribution is 2.24. The molecule has 0 heterocycles. The Morgan fingerprint density at radius 2 is 1.59 bits per heavy atom. The maximum absolute atomic E-state index is 9.67. The predicted octanol–water partition coefficient (Wildman–Crippen LogP) is 3.66. The largest absolute Gasteiger partial charge is 0.508 e. The molecule has 0 aliphatic heterocycles. The van der Waals surface area contributed by atoms with E-state index in [2.05, 4.69) is 0 Å². The lowest BCUT2D eigenvalue weighted by Gasteiger charge is -2.03. The Balaban J connectivity index is 2.34. The number of phenolic OH excluding ortho intramolecular Hbond substituents is 2. The van der Waals surface area contributed by atoms with Gasteiger partial charge in [-0.25, -0.2) is 0 Å². The molecule has 0 atom stereocenters. The van der Waals surface area contributed by atoms with E-state index in [4.69, 9.17) is 0 Å². The van der Waals surface area contributed by atoms with E-state index in [0.29, 0.717) is 0 Å². The van der Waals surface area contributed by atoms with Crippen LogP contribution >= 0.6 is 0 Å². The molecule has 86 valence electrons. The molecule has 17 heavy (non-hydrogen) atoms. The van der Waals surface area contributed by atoms with E-state index >= 15 is 0 Å². The van der Waals surface area contributed by atoms with Gasteiger partial charge in [0, 0.05) is 5.56 Å². The summed E-state index contributed by atoms with van der Waals surface area (Å²) in [6.07, 6.45) is 1.92. The Morgan fingerprint density at radius 1 is 0.941 bits per heavy atom. The van der Waals surface area contributed by atoms with E-state index in [-0.39, 0.29) is 11.5 Å². The molecule has 0 aromatic heterocycles. The molecule has 2 aromatic rings. The van der Waals surface area contributed by atoms with Crippen LogP contribution in [0.25, 0.3) is 11.6 Å². The van der Waals surface area contributed by atoms with E-state index in [1.54, 1.807) is 24.3 Å². The van der Waals surface area contributed by atoms with Crippen LogP contribution in [-0.2, 0) is 0 Å². The highest BCUT2D eigenvalue weighted by atomic mass is 16.3. The fraction of sp³-hybridized carbons (Fsp3) is 0.0667. The van der Waals surface area contributed by atoms with Crippen molar-refractivity contribution in [1.82, 2.24) is 0 Å². The molecule has 2 rings (SSSR count). The minimum Gasteiger partial charge on any atom is -0.508 e. The molecular formula is C15H14O2. The first-order valence-electron chi connectivity index (χ1n) is 5.42. The number of benzene rings is 2. The molecule has 0 unspecified atom stereocenters. The fourth-order valence-corrected chi connectivity index (χ4v) is 1.65. The zero-order valence-electron chi connectivity index (χ0n) is 9.59. The van der Waals surface area contributed by atoms with Gasteiger partial charge in [0.15, 0.2) is 0 Å². The van der Waals surface area contributed by atoms with Gasteiger partial charge in [-0.1, -0.05) is 30.3 Å². The van der Waals surface area contributed by atoms with Crippen LogP contribution in [0.15, 0.2) is 48.5 Å². The van der Waals surface area contributed by atoms with Crippen molar-refractivity contribution in [3.63, 3.8) is 0 Å². The second-order valence-corrected chi connectivity index (χ2v) is 3.93. The second-order valence-electron chi connectivity index (χ2n) is 3.93. The lowest BCUT2D eigenvalue weighted by Crippen LogP contribution is -1.80. The maximum atomic E-state index is 9.67. The first-order valence-corrected chi connectivity index (χ1v) is 5.42. The Labute approximate surface area is 100 Å². The molecule has 0 bridgehead atoms. The van der Waals surface area contributed by atoms with Crippen molar-refractivity contribution in [3.05, 3.63) is 59.7 Å². The summed E-state index contributed by atoms with van der Waals surface area (Å²) >= 11 is 0. The molecule has 0 aliphatic rings. The van der Waals surface area contributed by atoms with Crippen molar-refractivity contribution in [3.8, 4) is 11.5 Å². The molecule has 0 saturated heterocycles. The smallest absolute Gasteiger partial charge is 0.122 e. The summed E-state index contributed by atoms with van der Waals surface area (Å²) in [5, 5.41) is 18.9. The molecule has 0 aliphatic carbocycles. The van der Waals surface area contributed by atoms with Gasteiger partial charge >= 0.3 is 0 Å². The number of phenols is 2. The molecule has 0 amide bonds. The summed E-state index contributed by atoms with van der Waals surface area (Å²) in [7, 11) is 0. The summed E-state index contributed by atoms with van der Waals surface area (Å²) < 4.78 is 0. The average molecular weight is 226 g/mol. The van der Waals surface area contributed by atoms with Crippen molar-refractivity contribution < 1.29 is 10.2 Å². The number of hydrogen-bond acceptors (Lipinski definition) is 2. The van der Waals surface area contributed by atoms with Crippen LogP contribution in [0.4, 0.5) is 0 Å². The molecule has 2 aromatic carbocycles. The van der Waals surface area contributed by atoms with Crippen molar-refractivity contribution in [1.29, 1.82) is 0 Å². The number of allylic oxidation sites excluding steroid dienone is 1. The maximum Gasteiger partial charge on any atom is 0.122 e. The van der Waals surface area contributed by atoms with Crippen LogP contribution < -0.4 is 0 Å².